The van der Waals surface area contributed by atoms with Crippen molar-refractivity contribution in [2.75, 3.05) is 0 Å². The molecule has 0 heterocycles. The van der Waals surface area contributed by atoms with Crippen molar-refractivity contribution in [3.8, 4) is 0 Å². The Morgan fingerprint density at radius 2 is 1.76 bits per heavy atom. The average molecular weight is 388 g/mol. The SMILES string of the molecule is [CH3][Hf]([CH3])[C]1(C)C=Cc2ccc3ccccc3c21. The molecule has 0 bridgehead atoms. The van der Waals surface area contributed by atoms with Gasteiger partial charge in [0.15, 0.2) is 0 Å². The Balaban J connectivity index is 2.38. The van der Waals surface area contributed by atoms with Crippen LogP contribution < -0.4 is 0 Å². The van der Waals surface area contributed by atoms with Gasteiger partial charge in [-0.2, -0.15) is 0 Å². The Morgan fingerprint density at radius 1 is 1.00 bits per heavy atom. The zero-order chi connectivity index (χ0) is 12.0. The molecule has 1 unspecified atom stereocenters. The van der Waals surface area contributed by atoms with E-state index >= 15 is 0 Å². The van der Waals surface area contributed by atoms with Crippen LogP contribution in [0.2, 0.25) is 9.36 Å². The van der Waals surface area contributed by atoms with Gasteiger partial charge in [-0.1, -0.05) is 0 Å². The number of allylic oxidation sites excluding steroid dienone is 1. The third-order valence-electron chi connectivity index (χ3n) is 4.12. The summed E-state index contributed by atoms with van der Waals surface area (Å²) >= 11 is -1.51. The Kier molecular flexibility index (Phi) is 2.62. The van der Waals surface area contributed by atoms with E-state index in [1.807, 2.05) is 0 Å². The molecule has 0 saturated heterocycles. The summed E-state index contributed by atoms with van der Waals surface area (Å²) in [7, 11) is 0. The zero-order valence-corrected chi connectivity index (χ0v) is 14.2. The number of hydrogen-bond acceptors (Lipinski definition) is 0. The second-order valence-corrected chi connectivity index (χ2v) is 16.2. The van der Waals surface area contributed by atoms with Gasteiger partial charge >= 0.3 is 111 Å². The fourth-order valence-electron chi connectivity index (χ4n) is 2.76. The molecule has 85 valence electrons. The maximum atomic E-state index is 2.52. The first kappa shape index (κ1) is 11.4. The van der Waals surface area contributed by atoms with Gasteiger partial charge in [-0.15, -0.1) is 0 Å². The van der Waals surface area contributed by atoms with Crippen LogP contribution in [0.25, 0.3) is 16.8 Å². The molecule has 2 aromatic carbocycles. The summed E-state index contributed by atoms with van der Waals surface area (Å²) in [5, 5.41) is 2.84. The van der Waals surface area contributed by atoms with E-state index in [2.05, 4.69) is 64.8 Å². The number of fused-ring (bicyclic) bond motifs is 3. The number of rotatable bonds is 1. The Hall–Kier alpha value is -0.690. The summed E-state index contributed by atoms with van der Waals surface area (Å²) in [6, 6.07) is 13.3. The van der Waals surface area contributed by atoms with Crippen LogP contribution in [0, 0.1) is 0 Å². The van der Waals surface area contributed by atoms with E-state index in [1.54, 1.807) is 5.56 Å². The van der Waals surface area contributed by atoms with Gasteiger partial charge in [-0.25, -0.2) is 0 Å². The fraction of sp³-hybridized carbons (Fsp3) is 0.250. The molecule has 0 aliphatic heterocycles. The molecule has 1 aliphatic carbocycles. The second-order valence-electron chi connectivity index (χ2n) is 5.29. The third-order valence-corrected chi connectivity index (χ3v) is 13.1. The van der Waals surface area contributed by atoms with E-state index in [1.165, 1.54) is 16.3 Å². The summed E-state index contributed by atoms with van der Waals surface area (Å²) in [5.74, 6) is 0. The van der Waals surface area contributed by atoms with Gasteiger partial charge in [-0.3, -0.25) is 0 Å². The predicted octanol–water partition coefficient (Wildman–Crippen LogP) is 4.80. The molecule has 0 aromatic heterocycles. The minimum absolute atomic E-state index is 0.390. The Morgan fingerprint density at radius 3 is 2.53 bits per heavy atom. The van der Waals surface area contributed by atoms with Crippen molar-refractivity contribution in [3.63, 3.8) is 0 Å². The molecular formula is C16H17Hf. The zero-order valence-electron chi connectivity index (χ0n) is 10.6. The van der Waals surface area contributed by atoms with Gasteiger partial charge in [0.25, 0.3) is 0 Å². The van der Waals surface area contributed by atoms with Crippen molar-refractivity contribution < 1.29 is 21.4 Å². The molecule has 17 heavy (non-hydrogen) atoms. The van der Waals surface area contributed by atoms with E-state index < -0.39 is 21.4 Å². The second kappa shape index (κ2) is 3.91. The summed E-state index contributed by atoms with van der Waals surface area (Å²) in [6.45, 7) is 2.45. The van der Waals surface area contributed by atoms with Crippen molar-refractivity contribution in [2.45, 2.75) is 19.5 Å². The average Bonchev–Trinajstić information content (AvgIpc) is 2.69. The van der Waals surface area contributed by atoms with Gasteiger partial charge < -0.3 is 0 Å². The molecule has 0 N–H and O–H groups in total. The van der Waals surface area contributed by atoms with Gasteiger partial charge in [0, 0.05) is 0 Å². The third kappa shape index (κ3) is 1.59. The molecule has 3 rings (SSSR count). The van der Waals surface area contributed by atoms with Crippen molar-refractivity contribution >= 4 is 16.8 Å². The number of benzene rings is 2. The minimum atomic E-state index is -1.51. The topological polar surface area (TPSA) is 0 Å². The van der Waals surface area contributed by atoms with Gasteiger partial charge in [0.2, 0.25) is 0 Å². The summed E-state index contributed by atoms with van der Waals surface area (Å²) in [5.41, 5.74) is 3.04. The first-order chi connectivity index (χ1) is 8.13. The molecule has 0 nitrogen and oxygen atoms in total. The van der Waals surface area contributed by atoms with Crippen molar-refractivity contribution in [1.29, 1.82) is 0 Å². The van der Waals surface area contributed by atoms with E-state index in [0.717, 1.165) is 0 Å². The van der Waals surface area contributed by atoms with E-state index in [4.69, 9.17) is 0 Å². The normalized spacial score (nSPS) is 21.8. The van der Waals surface area contributed by atoms with Crippen molar-refractivity contribution in [1.82, 2.24) is 0 Å². The molecular weight excluding hydrogens is 371 g/mol. The monoisotopic (exact) mass is 389 g/mol. The molecule has 0 saturated carbocycles. The molecule has 0 radical (unpaired) electrons. The quantitative estimate of drug-likeness (QED) is 0.617. The van der Waals surface area contributed by atoms with Crippen molar-refractivity contribution in [3.05, 3.63) is 53.6 Å². The van der Waals surface area contributed by atoms with Crippen LogP contribution in [-0.2, 0) is 24.6 Å². The molecule has 2 aromatic rings. The van der Waals surface area contributed by atoms with Gasteiger partial charge in [0.05, 0.1) is 0 Å². The molecule has 0 amide bonds. The van der Waals surface area contributed by atoms with Crippen LogP contribution in [0.15, 0.2) is 42.5 Å². The Bertz CT molecular complexity index is 610. The molecule has 1 aliphatic rings. The summed E-state index contributed by atoms with van der Waals surface area (Å²) < 4.78 is 5.43. The van der Waals surface area contributed by atoms with E-state index in [-0.39, 0.29) is 0 Å². The fourth-order valence-corrected chi connectivity index (χ4v) is 7.06. The molecule has 1 atom stereocenters. The van der Waals surface area contributed by atoms with E-state index in [0.29, 0.717) is 3.17 Å². The maximum absolute atomic E-state index is 2.52. The van der Waals surface area contributed by atoms with Crippen LogP contribution in [0.3, 0.4) is 0 Å². The van der Waals surface area contributed by atoms with Gasteiger partial charge in [-0.05, 0) is 0 Å². The first-order valence-electron chi connectivity index (χ1n) is 6.15. The van der Waals surface area contributed by atoms with Crippen LogP contribution in [-0.4, -0.2) is 0 Å². The first-order valence-corrected chi connectivity index (χ1v) is 15.1. The van der Waals surface area contributed by atoms with Crippen molar-refractivity contribution in [2.24, 2.45) is 0 Å². The Labute approximate surface area is 111 Å². The molecule has 1 heteroatoms. The summed E-state index contributed by atoms with van der Waals surface area (Å²) in [6.07, 6.45) is 4.80. The molecule has 0 spiro atoms. The predicted molar refractivity (Wildman–Crippen MR) is 72.1 cm³/mol. The van der Waals surface area contributed by atoms with Crippen LogP contribution in [0.1, 0.15) is 18.1 Å². The number of hydrogen-bond donors (Lipinski definition) is 0. The van der Waals surface area contributed by atoms with E-state index in [9.17, 15) is 0 Å². The summed E-state index contributed by atoms with van der Waals surface area (Å²) in [4.78, 5) is 0. The van der Waals surface area contributed by atoms with Crippen LogP contribution in [0.4, 0.5) is 0 Å². The van der Waals surface area contributed by atoms with Gasteiger partial charge in [0.1, 0.15) is 0 Å². The standard InChI is InChI=1S/C14H11.2CH3.Hf/c1-10-6-7-12-9-8-11-4-2-3-5-13(11)14(10)12;;;/h2-9H,1H3;2*1H3;. The van der Waals surface area contributed by atoms with Crippen LogP contribution >= 0.6 is 0 Å². The molecule has 0 fully saturated rings. The van der Waals surface area contributed by atoms with Crippen LogP contribution in [0.5, 0.6) is 0 Å².